The molecule has 0 aliphatic carbocycles. The average molecular weight is 286 g/mol. The van der Waals surface area contributed by atoms with Crippen LogP contribution in [0.4, 0.5) is 11.4 Å². The molecule has 0 amide bonds. The Labute approximate surface area is 123 Å². The summed E-state index contributed by atoms with van der Waals surface area (Å²) in [6, 6.07) is 14.9. The van der Waals surface area contributed by atoms with Gasteiger partial charge >= 0.3 is 0 Å². The van der Waals surface area contributed by atoms with Crippen molar-refractivity contribution in [2.45, 2.75) is 20.1 Å². The monoisotopic (exact) mass is 286 g/mol. The molecule has 110 valence electrons. The van der Waals surface area contributed by atoms with Crippen molar-refractivity contribution in [3.63, 3.8) is 0 Å². The first-order valence-corrected chi connectivity index (χ1v) is 6.83. The van der Waals surface area contributed by atoms with Gasteiger partial charge in [0.05, 0.1) is 18.1 Å². The molecule has 1 N–H and O–H groups in total. The molecule has 0 saturated carbocycles. The molecule has 0 radical (unpaired) electrons. The maximum atomic E-state index is 10.9. The number of hydrogen-bond donors (Lipinski definition) is 1. The number of anilines is 1. The molecule has 2 aromatic carbocycles. The first kappa shape index (κ1) is 15.0. The Morgan fingerprint density at radius 2 is 1.81 bits per heavy atom. The molecule has 0 unspecified atom stereocenters. The number of rotatable bonds is 7. The molecular formula is C16H18N2O3. The minimum Gasteiger partial charge on any atom is -0.380 e. The van der Waals surface area contributed by atoms with Crippen molar-refractivity contribution >= 4 is 11.4 Å². The lowest BCUT2D eigenvalue weighted by molar-refractivity contribution is -0.384. The summed E-state index contributed by atoms with van der Waals surface area (Å²) in [5.41, 5.74) is 2.63. The number of nitrogens with one attached hydrogen (secondary N) is 1. The van der Waals surface area contributed by atoms with Crippen molar-refractivity contribution in [1.82, 2.24) is 0 Å². The highest BCUT2D eigenvalue weighted by Gasteiger charge is 2.13. The second kappa shape index (κ2) is 7.40. The van der Waals surface area contributed by atoms with Crippen molar-refractivity contribution < 1.29 is 9.66 Å². The molecule has 0 aromatic heterocycles. The molecule has 0 aliphatic rings. The van der Waals surface area contributed by atoms with Crippen LogP contribution >= 0.6 is 0 Å². The molecule has 0 aliphatic heterocycles. The Morgan fingerprint density at radius 3 is 2.48 bits per heavy atom. The topological polar surface area (TPSA) is 64.4 Å². The van der Waals surface area contributed by atoms with Crippen LogP contribution in [0.5, 0.6) is 0 Å². The first-order chi connectivity index (χ1) is 10.2. The summed E-state index contributed by atoms with van der Waals surface area (Å²) in [5.74, 6) is 0. The van der Waals surface area contributed by atoms with Crippen molar-refractivity contribution in [2.75, 3.05) is 11.9 Å². The van der Waals surface area contributed by atoms with Crippen LogP contribution in [0.3, 0.4) is 0 Å². The lowest BCUT2D eigenvalue weighted by Crippen LogP contribution is -2.02. The molecule has 0 atom stereocenters. The van der Waals surface area contributed by atoms with Gasteiger partial charge in [-0.3, -0.25) is 10.1 Å². The molecule has 5 nitrogen and oxygen atoms in total. The van der Waals surface area contributed by atoms with E-state index in [1.54, 1.807) is 12.1 Å². The molecule has 21 heavy (non-hydrogen) atoms. The van der Waals surface area contributed by atoms with Crippen LogP contribution in [0.2, 0.25) is 0 Å². The number of nitro groups is 1. The second-order valence-corrected chi connectivity index (χ2v) is 4.62. The fourth-order valence-corrected chi connectivity index (χ4v) is 2.03. The van der Waals surface area contributed by atoms with Gasteiger partial charge in [-0.05, 0) is 30.2 Å². The van der Waals surface area contributed by atoms with Crippen molar-refractivity contribution in [3.8, 4) is 0 Å². The van der Waals surface area contributed by atoms with Gasteiger partial charge in [0.1, 0.15) is 5.69 Å². The Morgan fingerprint density at radius 1 is 1.10 bits per heavy atom. The number of nitrogens with zero attached hydrogens (tertiary/aromatic N) is 1. The maximum Gasteiger partial charge on any atom is 0.292 e. The van der Waals surface area contributed by atoms with Gasteiger partial charge in [-0.25, -0.2) is 0 Å². The Kier molecular flexibility index (Phi) is 5.29. The van der Waals surface area contributed by atoms with Gasteiger partial charge < -0.3 is 10.1 Å². The van der Waals surface area contributed by atoms with Crippen LogP contribution in [-0.4, -0.2) is 11.5 Å². The average Bonchev–Trinajstić information content (AvgIpc) is 2.49. The number of benzene rings is 2. The summed E-state index contributed by atoms with van der Waals surface area (Å²) in [6.45, 7) is 3.48. The van der Waals surface area contributed by atoms with Crippen LogP contribution in [0.15, 0.2) is 48.5 Å². The van der Waals surface area contributed by atoms with Gasteiger partial charge in [0.25, 0.3) is 5.69 Å². The van der Waals surface area contributed by atoms with Crippen molar-refractivity contribution in [1.29, 1.82) is 0 Å². The van der Waals surface area contributed by atoms with Crippen LogP contribution in [-0.2, 0) is 18.0 Å². The summed E-state index contributed by atoms with van der Waals surface area (Å²) in [7, 11) is 0. The van der Waals surface area contributed by atoms with Gasteiger partial charge in [-0.2, -0.15) is 0 Å². The van der Waals surface area contributed by atoms with Crippen LogP contribution < -0.4 is 5.32 Å². The zero-order valence-electron chi connectivity index (χ0n) is 11.9. The van der Waals surface area contributed by atoms with Gasteiger partial charge in [0, 0.05) is 12.6 Å². The molecule has 0 heterocycles. The number of ether oxygens (including phenoxy) is 1. The second-order valence-electron chi connectivity index (χ2n) is 4.62. The van der Waals surface area contributed by atoms with E-state index < -0.39 is 0 Å². The minimum absolute atomic E-state index is 0.0867. The molecule has 5 heteroatoms. The quantitative estimate of drug-likeness (QED) is 0.622. The lowest BCUT2D eigenvalue weighted by atomic mass is 10.2. The predicted molar refractivity (Wildman–Crippen MR) is 82.2 cm³/mol. The van der Waals surface area contributed by atoms with Gasteiger partial charge in [0.2, 0.25) is 0 Å². The fourth-order valence-electron chi connectivity index (χ4n) is 2.03. The molecule has 0 fully saturated rings. The van der Waals surface area contributed by atoms with Crippen molar-refractivity contribution in [3.05, 3.63) is 69.8 Å². The molecule has 2 rings (SSSR count). The zero-order chi connectivity index (χ0) is 15.1. The third-order valence-corrected chi connectivity index (χ3v) is 3.01. The Balaban J connectivity index is 2.00. The molecule has 2 aromatic rings. The summed E-state index contributed by atoms with van der Waals surface area (Å²) in [4.78, 5) is 10.6. The predicted octanol–water partition coefficient (Wildman–Crippen LogP) is 3.74. The number of hydrogen-bond acceptors (Lipinski definition) is 4. The first-order valence-electron chi connectivity index (χ1n) is 6.83. The summed E-state index contributed by atoms with van der Waals surface area (Å²) in [5, 5.41) is 13.9. The third-order valence-electron chi connectivity index (χ3n) is 3.01. The number of nitro benzene ring substituents is 1. The highest BCUT2D eigenvalue weighted by atomic mass is 16.6. The molecule has 0 saturated heterocycles. The van der Waals surface area contributed by atoms with E-state index in [4.69, 9.17) is 4.74 Å². The largest absolute Gasteiger partial charge is 0.380 e. The summed E-state index contributed by atoms with van der Waals surface area (Å²) >= 11 is 0. The van der Waals surface area contributed by atoms with Crippen LogP contribution in [0.1, 0.15) is 18.1 Å². The SMILES string of the molecule is CCNc1cc(COCc2ccccc2)ccc1[N+](=O)[O-]. The third kappa shape index (κ3) is 4.29. The van der Waals surface area contributed by atoms with Gasteiger partial charge in [-0.1, -0.05) is 30.3 Å². The highest BCUT2D eigenvalue weighted by Crippen LogP contribution is 2.25. The maximum absolute atomic E-state index is 10.9. The van der Waals surface area contributed by atoms with Crippen LogP contribution in [0.25, 0.3) is 0 Å². The molecular weight excluding hydrogens is 268 g/mol. The van der Waals surface area contributed by atoms with E-state index in [9.17, 15) is 10.1 Å². The van der Waals surface area contributed by atoms with E-state index >= 15 is 0 Å². The smallest absolute Gasteiger partial charge is 0.292 e. The normalized spacial score (nSPS) is 10.3. The summed E-state index contributed by atoms with van der Waals surface area (Å²) in [6.07, 6.45) is 0. The van der Waals surface area contributed by atoms with Crippen LogP contribution in [0, 0.1) is 10.1 Å². The van der Waals surface area contributed by atoms with E-state index in [1.165, 1.54) is 6.07 Å². The molecule has 0 spiro atoms. The van der Waals surface area contributed by atoms with Crippen molar-refractivity contribution in [2.24, 2.45) is 0 Å². The molecule has 0 bridgehead atoms. The van der Waals surface area contributed by atoms with Gasteiger partial charge in [-0.15, -0.1) is 0 Å². The highest BCUT2D eigenvalue weighted by molar-refractivity contribution is 5.62. The summed E-state index contributed by atoms with van der Waals surface area (Å²) < 4.78 is 5.64. The van der Waals surface area contributed by atoms with E-state index in [1.807, 2.05) is 37.3 Å². The fraction of sp³-hybridized carbons (Fsp3) is 0.250. The van der Waals surface area contributed by atoms with E-state index in [2.05, 4.69) is 5.32 Å². The lowest BCUT2D eigenvalue weighted by Gasteiger charge is -2.08. The standard InChI is InChI=1S/C16H18N2O3/c1-2-17-15-10-14(8-9-16(15)18(19)20)12-21-11-13-6-4-3-5-7-13/h3-10,17H,2,11-12H2,1H3. The van der Waals surface area contributed by atoms with E-state index in [-0.39, 0.29) is 10.6 Å². The van der Waals surface area contributed by atoms with E-state index in [0.717, 1.165) is 11.1 Å². The zero-order valence-corrected chi connectivity index (χ0v) is 11.9. The van der Waals surface area contributed by atoms with Gasteiger partial charge in [0.15, 0.2) is 0 Å². The minimum atomic E-state index is -0.382. The van der Waals surface area contributed by atoms with E-state index in [0.29, 0.717) is 25.4 Å². The Bertz CT molecular complexity index is 600. The Hall–Kier alpha value is -2.40.